The molecule has 0 radical (unpaired) electrons. The maximum absolute atomic E-state index is 13.8. The Kier molecular flexibility index (Phi) is 3.30. The van der Waals surface area contributed by atoms with Gasteiger partial charge in [0, 0.05) is 6.54 Å². The molecule has 0 bridgehead atoms. The quantitative estimate of drug-likeness (QED) is 0.764. The highest BCUT2D eigenvalue weighted by molar-refractivity contribution is 5.89. The fourth-order valence-corrected chi connectivity index (χ4v) is 1.98. The summed E-state index contributed by atoms with van der Waals surface area (Å²) in [6.07, 6.45) is 2.00. The molecule has 0 saturated heterocycles. The van der Waals surface area contributed by atoms with Gasteiger partial charge in [-0.15, -0.1) is 0 Å². The van der Waals surface area contributed by atoms with Gasteiger partial charge in [-0.2, -0.15) is 0 Å². The van der Waals surface area contributed by atoms with E-state index in [2.05, 4.69) is 15.3 Å². The zero-order chi connectivity index (χ0) is 13.9. The predicted octanol–water partition coefficient (Wildman–Crippen LogP) is 2.51. The molecule has 0 aliphatic rings. The number of nitrogens with one attached hydrogen (secondary N) is 1. The lowest BCUT2D eigenvalue weighted by Crippen LogP contribution is -2.13. The van der Waals surface area contributed by atoms with E-state index in [0.717, 1.165) is 0 Å². The van der Waals surface area contributed by atoms with E-state index in [9.17, 15) is 9.50 Å². The van der Waals surface area contributed by atoms with Crippen molar-refractivity contribution in [1.29, 1.82) is 0 Å². The molecule has 0 spiro atoms. The Morgan fingerprint density at radius 1 is 1.25 bits per heavy atom. The van der Waals surface area contributed by atoms with E-state index >= 15 is 0 Å². The number of benzene rings is 1. The largest absolute Gasteiger partial charge is 0.467 e. The van der Waals surface area contributed by atoms with Crippen LogP contribution in [-0.2, 0) is 0 Å². The Morgan fingerprint density at radius 3 is 2.95 bits per heavy atom. The summed E-state index contributed by atoms with van der Waals surface area (Å²) in [5.74, 6) is 0.383. The molecule has 2 heterocycles. The summed E-state index contributed by atoms with van der Waals surface area (Å²) < 4.78 is 18.9. The number of rotatable bonds is 4. The minimum atomic E-state index is -0.832. The van der Waals surface area contributed by atoms with E-state index < -0.39 is 11.9 Å². The van der Waals surface area contributed by atoms with Gasteiger partial charge in [-0.1, -0.05) is 6.07 Å². The number of hydrogen-bond acceptors (Lipinski definition) is 5. The van der Waals surface area contributed by atoms with Gasteiger partial charge >= 0.3 is 0 Å². The molecule has 3 aromatic rings. The summed E-state index contributed by atoms with van der Waals surface area (Å²) in [5, 5.41) is 13.1. The molecule has 0 fully saturated rings. The van der Waals surface area contributed by atoms with E-state index in [0.29, 0.717) is 22.5 Å². The number of furan rings is 1. The van der Waals surface area contributed by atoms with E-state index in [1.54, 1.807) is 24.3 Å². The van der Waals surface area contributed by atoms with Crippen LogP contribution in [0, 0.1) is 5.82 Å². The molecule has 5 nitrogen and oxygen atoms in total. The van der Waals surface area contributed by atoms with Gasteiger partial charge < -0.3 is 14.8 Å². The normalized spacial score (nSPS) is 12.5. The fraction of sp³-hybridized carbons (Fsp3) is 0.143. The van der Waals surface area contributed by atoms with Crippen molar-refractivity contribution >= 4 is 16.7 Å². The van der Waals surface area contributed by atoms with Crippen LogP contribution in [0.25, 0.3) is 10.9 Å². The Morgan fingerprint density at radius 2 is 2.15 bits per heavy atom. The van der Waals surface area contributed by atoms with Crippen LogP contribution in [0.5, 0.6) is 0 Å². The molecule has 2 N–H and O–H groups in total. The Hall–Kier alpha value is -2.47. The van der Waals surface area contributed by atoms with Gasteiger partial charge in [0.2, 0.25) is 0 Å². The average Bonchev–Trinajstić information content (AvgIpc) is 2.99. The van der Waals surface area contributed by atoms with Gasteiger partial charge in [0.15, 0.2) is 0 Å². The molecule has 20 heavy (non-hydrogen) atoms. The van der Waals surface area contributed by atoms with Gasteiger partial charge in [-0.25, -0.2) is 14.4 Å². The third kappa shape index (κ3) is 2.33. The number of halogens is 1. The number of fused-ring (bicyclic) bond motifs is 1. The lowest BCUT2D eigenvalue weighted by molar-refractivity contribution is 0.162. The van der Waals surface area contributed by atoms with Gasteiger partial charge in [0.25, 0.3) is 0 Å². The van der Waals surface area contributed by atoms with Gasteiger partial charge in [0.05, 0.1) is 17.2 Å². The highest BCUT2D eigenvalue weighted by Gasteiger charge is 2.13. The molecule has 3 rings (SSSR count). The second-order valence-electron chi connectivity index (χ2n) is 4.27. The van der Waals surface area contributed by atoms with E-state index in [1.807, 2.05) is 0 Å². The third-order valence-electron chi connectivity index (χ3n) is 2.95. The van der Waals surface area contributed by atoms with Gasteiger partial charge in [-0.3, -0.25) is 0 Å². The molecule has 0 unspecified atom stereocenters. The molecule has 1 atom stereocenters. The van der Waals surface area contributed by atoms with Crippen molar-refractivity contribution in [3.8, 4) is 0 Å². The van der Waals surface area contributed by atoms with Crippen molar-refractivity contribution in [3.63, 3.8) is 0 Å². The first-order chi connectivity index (χ1) is 9.75. The van der Waals surface area contributed by atoms with Crippen LogP contribution >= 0.6 is 0 Å². The van der Waals surface area contributed by atoms with Crippen LogP contribution in [0.4, 0.5) is 10.2 Å². The molecular formula is C14H12FN3O2. The summed E-state index contributed by atoms with van der Waals surface area (Å²) in [6, 6.07) is 8.00. The maximum atomic E-state index is 13.8. The predicted molar refractivity (Wildman–Crippen MR) is 71.7 cm³/mol. The summed E-state index contributed by atoms with van der Waals surface area (Å²) in [7, 11) is 0. The van der Waals surface area contributed by atoms with Gasteiger partial charge in [0.1, 0.15) is 29.8 Å². The molecule has 0 amide bonds. The summed E-state index contributed by atoms with van der Waals surface area (Å²) in [5.41, 5.74) is 0.509. The van der Waals surface area contributed by atoms with Crippen molar-refractivity contribution < 1.29 is 13.9 Å². The highest BCUT2D eigenvalue weighted by atomic mass is 19.1. The SMILES string of the molecule is O[C@H](CNc1ncnc2cccc(F)c12)c1ccco1. The molecule has 0 aliphatic carbocycles. The smallest absolute Gasteiger partial charge is 0.140 e. The van der Waals surface area contributed by atoms with E-state index in [1.165, 1.54) is 18.7 Å². The Bertz CT molecular complexity index is 710. The minimum absolute atomic E-state index is 0.161. The van der Waals surface area contributed by atoms with Crippen molar-refractivity contribution in [2.24, 2.45) is 0 Å². The molecule has 0 aliphatic heterocycles. The second-order valence-corrected chi connectivity index (χ2v) is 4.27. The molecule has 2 aromatic heterocycles. The highest BCUT2D eigenvalue weighted by Crippen LogP contribution is 2.23. The van der Waals surface area contributed by atoms with Crippen LogP contribution in [0.2, 0.25) is 0 Å². The molecular weight excluding hydrogens is 261 g/mol. The first-order valence-corrected chi connectivity index (χ1v) is 6.10. The number of anilines is 1. The number of hydrogen-bond donors (Lipinski definition) is 2. The van der Waals surface area contributed by atoms with Crippen LogP contribution in [0.15, 0.2) is 47.3 Å². The second kappa shape index (κ2) is 5.26. The molecule has 1 aromatic carbocycles. The monoisotopic (exact) mass is 273 g/mol. The zero-order valence-corrected chi connectivity index (χ0v) is 10.5. The first kappa shape index (κ1) is 12.6. The molecule has 102 valence electrons. The Balaban J connectivity index is 1.84. The molecule has 0 saturated carbocycles. The van der Waals surface area contributed by atoms with Crippen molar-refractivity contribution in [3.05, 3.63) is 54.5 Å². The topological polar surface area (TPSA) is 71.2 Å². The first-order valence-electron chi connectivity index (χ1n) is 6.10. The van der Waals surface area contributed by atoms with E-state index in [-0.39, 0.29) is 6.54 Å². The fourth-order valence-electron chi connectivity index (χ4n) is 1.98. The Labute approximate surface area is 114 Å². The van der Waals surface area contributed by atoms with Crippen LogP contribution in [-0.4, -0.2) is 21.6 Å². The number of aliphatic hydroxyl groups excluding tert-OH is 1. The van der Waals surface area contributed by atoms with Crippen LogP contribution in [0.3, 0.4) is 0 Å². The number of aliphatic hydroxyl groups is 1. The van der Waals surface area contributed by atoms with Crippen molar-refractivity contribution in [2.75, 3.05) is 11.9 Å². The molecule has 6 heteroatoms. The zero-order valence-electron chi connectivity index (χ0n) is 10.5. The van der Waals surface area contributed by atoms with Crippen molar-refractivity contribution in [2.45, 2.75) is 6.10 Å². The summed E-state index contributed by atoms with van der Waals surface area (Å²) in [4.78, 5) is 8.02. The number of nitrogens with zero attached hydrogens (tertiary/aromatic N) is 2. The maximum Gasteiger partial charge on any atom is 0.140 e. The van der Waals surface area contributed by atoms with E-state index in [4.69, 9.17) is 4.42 Å². The summed E-state index contributed by atoms with van der Waals surface area (Å²) >= 11 is 0. The average molecular weight is 273 g/mol. The lowest BCUT2D eigenvalue weighted by Gasteiger charge is -2.11. The van der Waals surface area contributed by atoms with Crippen LogP contribution < -0.4 is 5.32 Å². The third-order valence-corrected chi connectivity index (χ3v) is 2.95. The standard InChI is InChI=1S/C14H12FN3O2/c15-9-3-1-4-10-13(9)14(18-8-17-10)16-7-11(19)12-5-2-6-20-12/h1-6,8,11,19H,7H2,(H,16,17,18)/t11-/m1/s1. The summed E-state index contributed by atoms with van der Waals surface area (Å²) in [6.45, 7) is 0.161. The van der Waals surface area contributed by atoms with Gasteiger partial charge in [-0.05, 0) is 24.3 Å². The van der Waals surface area contributed by atoms with Crippen molar-refractivity contribution in [1.82, 2.24) is 9.97 Å². The lowest BCUT2D eigenvalue weighted by atomic mass is 10.2. The minimum Gasteiger partial charge on any atom is -0.467 e. The van der Waals surface area contributed by atoms with Crippen LogP contribution in [0.1, 0.15) is 11.9 Å². The number of aromatic nitrogens is 2.